The topological polar surface area (TPSA) is 147 Å². The first-order valence-corrected chi connectivity index (χ1v) is 14.0. The van der Waals surface area contributed by atoms with Crippen LogP contribution in [0.5, 0.6) is 5.75 Å². The zero-order valence-electron chi connectivity index (χ0n) is 22.4. The molecule has 1 aliphatic heterocycles. The lowest BCUT2D eigenvalue weighted by Crippen LogP contribution is -3.12. The fraction of sp³-hybridized carbons (Fsp3) is 0.448. The summed E-state index contributed by atoms with van der Waals surface area (Å²) < 4.78 is 6.83. The summed E-state index contributed by atoms with van der Waals surface area (Å²) in [4.78, 5) is 57.2. The van der Waals surface area contributed by atoms with Gasteiger partial charge in [0.05, 0.1) is 17.3 Å². The van der Waals surface area contributed by atoms with E-state index >= 15 is 0 Å². The number of carbonyl (C=O) groups excluding carboxylic acids is 4. The van der Waals surface area contributed by atoms with Crippen molar-refractivity contribution < 1.29 is 23.9 Å². The number of ether oxygens (including phenoxy) is 1. The van der Waals surface area contributed by atoms with Gasteiger partial charge in [-0.05, 0) is 58.6 Å². The Kier molecular flexibility index (Phi) is 4.10. The SMILES string of the molecule is CN(C)C(=O)C12C3C4C1C1C2C3C41CNC(=O)c1cc(C(=O)NCc2ccc3c(c2)NC(=O)CO3)nc2ccnn12. The molecule has 2 aromatic heterocycles. The number of amides is 4. The first kappa shape index (κ1) is 23.2. The molecule has 41 heavy (non-hydrogen) atoms. The molecule has 7 aliphatic rings. The molecule has 3 heterocycles. The molecule has 0 saturated heterocycles. The number of benzene rings is 1. The Bertz CT molecular complexity index is 1710. The molecule has 10 rings (SSSR count). The van der Waals surface area contributed by atoms with Gasteiger partial charge in [0.1, 0.15) is 17.1 Å². The summed E-state index contributed by atoms with van der Waals surface area (Å²) in [5, 5.41) is 13.0. The maximum absolute atomic E-state index is 13.4. The Morgan fingerprint density at radius 3 is 2.54 bits per heavy atom. The van der Waals surface area contributed by atoms with E-state index in [2.05, 4.69) is 26.0 Å². The zero-order chi connectivity index (χ0) is 28.0. The van der Waals surface area contributed by atoms with Gasteiger partial charge in [0.15, 0.2) is 12.3 Å². The highest BCUT2D eigenvalue weighted by molar-refractivity contribution is 5.99. The molecule has 6 aliphatic carbocycles. The van der Waals surface area contributed by atoms with Crippen LogP contribution in [0.1, 0.15) is 26.5 Å². The van der Waals surface area contributed by atoms with Crippen LogP contribution in [0.4, 0.5) is 5.69 Å². The smallest absolute Gasteiger partial charge is 0.270 e. The minimum absolute atomic E-state index is 0.0233. The molecular formula is C29H27N7O5. The Morgan fingerprint density at radius 2 is 1.80 bits per heavy atom. The molecule has 6 saturated carbocycles. The number of hydrogen-bond donors (Lipinski definition) is 3. The summed E-state index contributed by atoms with van der Waals surface area (Å²) in [6.45, 7) is 0.765. The molecule has 3 N–H and O–H groups in total. The van der Waals surface area contributed by atoms with Crippen LogP contribution in [-0.2, 0) is 16.1 Å². The van der Waals surface area contributed by atoms with E-state index in [9.17, 15) is 19.2 Å². The van der Waals surface area contributed by atoms with Crippen molar-refractivity contribution >= 4 is 35.0 Å². The molecule has 6 fully saturated rings. The molecular weight excluding hydrogens is 526 g/mol. The predicted octanol–water partition coefficient (Wildman–Crippen LogP) is 0.546. The molecule has 0 radical (unpaired) electrons. The van der Waals surface area contributed by atoms with Crippen LogP contribution in [0.3, 0.4) is 0 Å². The van der Waals surface area contributed by atoms with Crippen LogP contribution in [0, 0.1) is 46.3 Å². The number of fused-ring (bicyclic) bond motifs is 2. The Labute approximate surface area is 233 Å². The van der Waals surface area contributed by atoms with Gasteiger partial charge in [-0.3, -0.25) is 19.2 Å². The molecule has 1 aromatic carbocycles. The van der Waals surface area contributed by atoms with Gasteiger partial charge >= 0.3 is 0 Å². The Morgan fingerprint density at radius 1 is 1.05 bits per heavy atom. The van der Waals surface area contributed by atoms with E-state index in [0.717, 1.165) is 5.56 Å². The normalized spacial score (nSPS) is 35.1. The molecule has 4 amide bonds. The number of hydrogen-bond acceptors (Lipinski definition) is 7. The van der Waals surface area contributed by atoms with E-state index in [1.54, 1.807) is 29.3 Å². The van der Waals surface area contributed by atoms with Crippen LogP contribution in [-0.4, -0.2) is 70.4 Å². The van der Waals surface area contributed by atoms with Crippen molar-refractivity contribution in [2.75, 3.05) is 32.6 Å². The van der Waals surface area contributed by atoms with Gasteiger partial charge in [-0.15, -0.1) is 0 Å². The van der Waals surface area contributed by atoms with Gasteiger partial charge in [0.2, 0.25) is 5.91 Å². The van der Waals surface area contributed by atoms with Crippen molar-refractivity contribution in [3.63, 3.8) is 0 Å². The van der Waals surface area contributed by atoms with E-state index in [4.69, 9.17) is 4.74 Å². The number of rotatable bonds is 7. The second-order valence-electron chi connectivity index (χ2n) is 12.6. The summed E-state index contributed by atoms with van der Waals surface area (Å²) >= 11 is 0. The number of anilines is 1. The van der Waals surface area contributed by atoms with E-state index in [0.29, 0.717) is 65.0 Å². The second-order valence-corrected chi connectivity index (χ2v) is 12.6. The predicted molar refractivity (Wildman–Crippen MR) is 142 cm³/mol. The van der Waals surface area contributed by atoms with Gasteiger partial charge in [-0.1, -0.05) is 6.07 Å². The highest BCUT2D eigenvalue weighted by Gasteiger charge is 3.11. The van der Waals surface area contributed by atoms with Gasteiger partial charge < -0.3 is 25.6 Å². The Balaban J connectivity index is 0.892. The van der Waals surface area contributed by atoms with Crippen LogP contribution in [0.25, 0.3) is 5.65 Å². The fourth-order valence-corrected chi connectivity index (χ4v) is 9.95. The van der Waals surface area contributed by atoms with Crippen molar-refractivity contribution in [2.45, 2.75) is 6.54 Å². The molecule has 0 spiro atoms. The second kappa shape index (κ2) is 7.23. The number of nitrogens with zero attached hydrogens (tertiary/aromatic N) is 4. The standard InChI is InChI=1S/C29H27N7O5/c1-35(2)27(40)29-22-19-23(29)21-24(29)20(22)28(19,21)11-31-26(39)15-8-14(33-17-5-6-32-36(15)17)25(38)30-9-12-3-4-16-13(7-12)34-18(37)10-41-16/h3-8,19-24H,9-11H2,1-2H3,(H,30,38)(H,31,39)(H,34,37). The number of aromatic nitrogens is 3. The third-order valence-corrected chi connectivity index (χ3v) is 11.1. The molecule has 208 valence electrons. The molecule has 0 bridgehead atoms. The summed E-state index contributed by atoms with van der Waals surface area (Å²) in [5.74, 6) is 3.09. The van der Waals surface area contributed by atoms with E-state index < -0.39 is 5.91 Å². The maximum Gasteiger partial charge on any atom is 0.270 e. The highest BCUT2D eigenvalue weighted by atomic mass is 16.5. The first-order chi connectivity index (χ1) is 19.8. The fourth-order valence-electron chi connectivity index (χ4n) is 9.95. The molecule has 12 nitrogen and oxygen atoms in total. The lowest BCUT2D eigenvalue weighted by Gasteiger charge is -3.10. The molecule has 0 unspecified atom stereocenters. The third kappa shape index (κ3) is 2.42. The van der Waals surface area contributed by atoms with Gasteiger partial charge in [0.25, 0.3) is 17.7 Å². The first-order valence-electron chi connectivity index (χ1n) is 14.0. The van der Waals surface area contributed by atoms with Crippen molar-refractivity contribution in [2.24, 2.45) is 46.3 Å². The van der Waals surface area contributed by atoms with E-state index in [1.807, 2.05) is 20.2 Å². The van der Waals surface area contributed by atoms with Gasteiger partial charge in [-0.25, -0.2) is 9.50 Å². The maximum atomic E-state index is 13.4. The zero-order valence-corrected chi connectivity index (χ0v) is 22.4. The van der Waals surface area contributed by atoms with Crippen LogP contribution >= 0.6 is 0 Å². The summed E-state index contributed by atoms with van der Waals surface area (Å²) in [6.07, 6.45) is 1.55. The largest absolute Gasteiger partial charge is 0.482 e. The van der Waals surface area contributed by atoms with Crippen molar-refractivity contribution in [1.82, 2.24) is 30.1 Å². The monoisotopic (exact) mass is 553 g/mol. The van der Waals surface area contributed by atoms with Crippen molar-refractivity contribution in [1.29, 1.82) is 0 Å². The Hall–Kier alpha value is -4.48. The van der Waals surface area contributed by atoms with E-state index in [-0.39, 0.29) is 47.2 Å². The third-order valence-electron chi connectivity index (χ3n) is 11.1. The van der Waals surface area contributed by atoms with Crippen molar-refractivity contribution in [3.05, 3.63) is 53.5 Å². The average Bonchev–Trinajstić information content (AvgIpc) is 3.46. The summed E-state index contributed by atoms with van der Waals surface area (Å²) in [5.41, 5.74) is 2.16. The average molecular weight is 554 g/mol. The lowest BCUT2D eigenvalue weighted by atomic mass is 8.92. The van der Waals surface area contributed by atoms with Crippen LogP contribution < -0.4 is 20.7 Å². The molecule has 3 aromatic rings. The number of carbonyl (C=O) groups is 4. The lowest BCUT2D eigenvalue weighted by molar-refractivity contribution is -0.639. The minimum Gasteiger partial charge on any atom is -0.482 e. The minimum atomic E-state index is -0.433. The quantitative estimate of drug-likeness (QED) is 0.387. The highest BCUT2D eigenvalue weighted by Crippen LogP contribution is 3.10. The van der Waals surface area contributed by atoms with Gasteiger partial charge in [-0.2, -0.15) is 5.10 Å². The van der Waals surface area contributed by atoms with Gasteiger partial charge in [0, 0.05) is 39.3 Å². The molecule has 12 heteroatoms. The van der Waals surface area contributed by atoms with Crippen LogP contribution in [0.2, 0.25) is 0 Å². The van der Waals surface area contributed by atoms with Crippen molar-refractivity contribution in [3.8, 4) is 5.75 Å². The molecule has 0 atom stereocenters. The summed E-state index contributed by atoms with van der Waals surface area (Å²) in [7, 11) is 3.70. The van der Waals surface area contributed by atoms with E-state index in [1.165, 1.54) is 10.6 Å². The number of nitrogens with one attached hydrogen (secondary N) is 3. The summed E-state index contributed by atoms with van der Waals surface area (Å²) in [6, 6.07) is 8.43. The van der Waals surface area contributed by atoms with Crippen LogP contribution in [0.15, 0.2) is 36.5 Å².